The van der Waals surface area contributed by atoms with Crippen LogP contribution in [0.25, 0.3) is 0 Å². The molecule has 1 aliphatic carbocycles. The number of hydrogen-bond donors (Lipinski definition) is 0. The van der Waals surface area contributed by atoms with E-state index < -0.39 is 0 Å². The number of fused-ring (bicyclic) bond motifs is 1. The van der Waals surface area contributed by atoms with Crippen LogP contribution in [0.2, 0.25) is 0 Å². The summed E-state index contributed by atoms with van der Waals surface area (Å²) in [6.07, 6.45) is 3.54. The molecule has 0 N–H and O–H groups in total. The highest BCUT2D eigenvalue weighted by atomic mass is 16.5. The predicted molar refractivity (Wildman–Crippen MR) is 85.5 cm³/mol. The van der Waals surface area contributed by atoms with Gasteiger partial charge in [0.2, 0.25) is 17.7 Å². The first-order chi connectivity index (χ1) is 11.0. The van der Waals surface area contributed by atoms with Gasteiger partial charge in [-0.15, -0.1) is 0 Å². The van der Waals surface area contributed by atoms with Crippen molar-refractivity contribution in [3.8, 4) is 0 Å². The topological polar surface area (TPSA) is 66.9 Å². The van der Waals surface area contributed by atoms with Gasteiger partial charge in [0.05, 0.1) is 18.4 Å². The molecular formula is C17H28N2O4. The van der Waals surface area contributed by atoms with Crippen LogP contribution < -0.4 is 0 Å². The fourth-order valence-corrected chi connectivity index (χ4v) is 3.58. The number of carbonyl (C=O) groups is 3. The molecule has 0 aromatic carbocycles. The second-order valence-corrected chi connectivity index (χ2v) is 6.99. The van der Waals surface area contributed by atoms with Crippen molar-refractivity contribution >= 4 is 17.7 Å². The maximum Gasteiger partial charge on any atom is 0.242 e. The van der Waals surface area contributed by atoms with Gasteiger partial charge in [-0.3, -0.25) is 19.3 Å². The Balaban J connectivity index is 2.02. The Morgan fingerprint density at radius 1 is 1.22 bits per heavy atom. The number of rotatable bonds is 7. The summed E-state index contributed by atoms with van der Waals surface area (Å²) >= 11 is 0. The molecule has 1 saturated heterocycles. The van der Waals surface area contributed by atoms with Crippen molar-refractivity contribution in [1.29, 1.82) is 0 Å². The zero-order valence-corrected chi connectivity index (χ0v) is 14.4. The largest absolute Gasteiger partial charge is 0.383 e. The zero-order valence-electron chi connectivity index (χ0n) is 14.4. The van der Waals surface area contributed by atoms with Crippen molar-refractivity contribution in [2.24, 2.45) is 17.8 Å². The lowest BCUT2D eigenvalue weighted by Crippen LogP contribution is -2.45. The summed E-state index contributed by atoms with van der Waals surface area (Å²) in [5, 5.41) is 0. The van der Waals surface area contributed by atoms with E-state index in [9.17, 15) is 14.4 Å². The van der Waals surface area contributed by atoms with Gasteiger partial charge in [0.1, 0.15) is 6.54 Å². The summed E-state index contributed by atoms with van der Waals surface area (Å²) in [5.41, 5.74) is 0. The number of carbonyl (C=O) groups excluding carboxylic acids is 3. The molecule has 2 fully saturated rings. The molecule has 0 aromatic heterocycles. The molecule has 1 saturated carbocycles. The van der Waals surface area contributed by atoms with Crippen molar-refractivity contribution in [2.75, 3.05) is 33.4 Å². The van der Waals surface area contributed by atoms with Crippen molar-refractivity contribution in [3.63, 3.8) is 0 Å². The first kappa shape index (κ1) is 17.9. The standard InChI is InChI=1S/C17H28N2O4/c1-12(2)10-18(8-9-23-3)15(20)11-19-16(21)13-6-4-5-7-14(13)17(19)22/h12-14H,4-11H2,1-3H3. The van der Waals surface area contributed by atoms with Gasteiger partial charge in [-0.1, -0.05) is 26.7 Å². The second-order valence-electron chi connectivity index (χ2n) is 6.99. The summed E-state index contributed by atoms with van der Waals surface area (Å²) in [7, 11) is 1.59. The molecule has 0 bridgehead atoms. The molecule has 2 rings (SSSR count). The molecule has 3 amide bonds. The van der Waals surface area contributed by atoms with Gasteiger partial charge < -0.3 is 9.64 Å². The monoisotopic (exact) mass is 324 g/mol. The quantitative estimate of drug-likeness (QED) is 0.662. The number of amides is 3. The van der Waals surface area contributed by atoms with E-state index in [-0.39, 0.29) is 36.1 Å². The molecule has 2 unspecified atom stereocenters. The Morgan fingerprint density at radius 3 is 2.26 bits per heavy atom. The molecule has 6 heteroatoms. The van der Waals surface area contributed by atoms with Crippen LogP contribution in [0.5, 0.6) is 0 Å². The first-order valence-corrected chi connectivity index (χ1v) is 8.57. The van der Waals surface area contributed by atoms with Crippen LogP contribution in [-0.2, 0) is 19.1 Å². The van der Waals surface area contributed by atoms with Crippen molar-refractivity contribution in [1.82, 2.24) is 9.80 Å². The van der Waals surface area contributed by atoms with Crippen LogP contribution in [0.4, 0.5) is 0 Å². The van der Waals surface area contributed by atoms with Crippen LogP contribution in [-0.4, -0.2) is 60.9 Å². The van der Waals surface area contributed by atoms with Gasteiger partial charge in [0.15, 0.2) is 0 Å². The van der Waals surface area contributed by atoms with Crippen molar-refractivity contribution < 1.29 is 19.1 Å². The van der Waals surface area contributed by atoms with Gasteiger partial charge in [0.25, 0.3) is 0 Å². The SMILES string of the molecule is COCCN(CC(C)C)C(=O)CN1C(=O)C2CCCCC2C1=O. The van der Waals surface area contributed by atoms with E-state index in [0.717, 1.165) is 25.7 Å². The molecule has 1 aliphatic heterocycles. The molecule has 2 atom stereocenters. The summed E-state index contributed by atoms with van der Waals surface area (Å²) in [6, 6.07) is 0. The number of nitrogens with zero attached hydrogens (tertiary/aromatic N) is 2. The fourth-order valence-electron chi connectivity index (χ4n) is 3.58. The highest BCUT2D eigenvalue weighted by molar-refractivity contribution is 6.07. The molecule has 0 spiro atoms. The summed E-state index contributed by atoms with van der Waals surface area (Å²) in [5.74, 6) is -0.531. The van der Waals surface area contributed by atoms with Crippen molar-refractivity contribution in [3.05, 3.63) is 0 Å². The Bertz CT molecular complexity index is 440. The lowest BCUT2D eigenvalue weighted by molar-refractivity contribution is -0.147. The van der Waals surface area contributed by atoms with E-state index in [1.54, 1.807) is 12.0 Å². The third-order valence-electron chi connectivity index (χ3n) is 4.73. The molecule has 23 heavy (non-hydrogen) atoms. The van der Waals surface area contributed by atoms with Crippen LogP contribution in [0.15, 0.2) is 0 Å². The van der Waals surface area contributed by atoms with Crippen LogP contribution in [0.1, 0.15) is 39.5 Å². The van der Waals surface area contributed by atoms with Gasteiger partial charge in [-0.25, -0.2) is 0 Å². The van der Waals surface area contributed by atoms with E-state index in [1.807, 2.05) is 13.8 Å². The Hall–Kier alpha value is -1.43. The van der Waals surface area contributed by atoms with Gasteiger partial charge >= 0.3 is 0 Å². The number of imide groups is 1. The normalized spacial score (nSPS) is 24.3. The molecule has 130 valence electrons. The third kappa shape index (κ3) is 4.10. The van der Waals surface area contributed by atoms with E-state index in [4.69, 9.17) is 4.74 Å². The van der Waals surface area contributed by atoms with Gasteiger partial charge in [-0.05, 0) is 18.8 Å². The van der Waals surface area contributed by atoms with E-state index in [2.05, 4.69) is 0 Å². The second kappa shape index (κ2) is 7.90. The number of likely N-dealkylation sites (tertiary alicyclic amines) is 1. The first-order valence-electron chi connectivity index (χ1n) is 8.57. The van der Waals surface area contributed by atoms with E-state index in [1.165, 1.54) is 4.90 Å². The maximum absolute atomic E-state index is 12.6. The maximum atomic E-state index is 12.6. The summed E-state index contributed by atoms with van der Waals surface area (Å²) < 4.78 is 5.05. The number of methoxy groups -OCH3 is 1. The molecule has 1 heterocycles. The summed E-state index contributed by atoms with van der Waals surface area (Å²) in [4.78, 5) is 40.4. The van der Waals surface area contributed by atoms with Crippen LogP contribution in [0.3, 0.4) is 0 Å². The number of ether oxygens (including phenoxy) is 1. The molecule has 0 aromatic rings. The van der Waals surface area contributed by atoms with E-state index >= 15 is 0 Å². The molecular weight excluding hydrogens is 296 g/mol. The van der Waals surface area contributed by atoms with Gasteiger partial charge in [0, 0.05) is 20.2 Å². The zero-order chi connectivity index (χ0) is 17.0. The highest BCUT2D eigenvalue weighted by Crippen LogP contribution is 2.37. The predicted octanol–water partition coefficient (Wildman–Crippen LogP) is 1.29. The smallest absolute Gasteiger partial charge is 0.242 e. The molecule has 6 nitrogen and oxygen atoms in total. The Kier molecular flexibility index (Phi) is 6.16. The average Bonchev–Trinajstić information content (AvgIpc) is 2.76. The Labute approximate surface area is 138 Å². The minimum atomic E-state index is -0.193. The lowest BCUT2D eigenvalue weighted by Gasteiger charge is -2.26. The van der Waals surface area contributed by atoms with Crippen LogP contribution >= 0.6 is 0 Å². The highest BCUT2D eigenvalue weighted by Gasteiger charge is 2.48. The lowest BCUT2D eigenvalue weighted by atomic mass is 9.81. The molecule has 2 aliphatic rings. The Morgan fingerprint density at radius 2 is 1.78 bits per heavy atom. The van der Waals surface area contributed by atoms with Crippen molar-refractivity contribution in [2.45, 2.75) is 39.5 Å². The van der Waals surface area contributed by atoms with Gasteiger partial charge in [-0.2, -0.15) is 0 Å². The minimum absolute atomic E-state index is 0.124. The average molecular weight is 324 g/mol. The summed E-state index contributed by atoms with van der Waals surface area (Å²) in [6.45, 7) is 5.48. The molecule has 0 radical (unpaired) electrons. The number of hydrogen-bond acceptors (Lipinski definition) is 4. The minimum Gasteiger partial charge on any atom is -0.383 e. The third-order valence-corrected chi connectivity index (χ3v) is 4.73. The fraction of sp³-hybridized carbons (Fsp3) is 0.824. The van der Waals surface area contributed by atoms with E-state index in [0.29, 0.717) is 25.6 Å². The van der Waals surface area contributed by atoms with Crippen LogP contribution in [0, 0.1) is 17.8 Å².